The van der Waals surface area contributed by atoms with Crippen LogP contribution in [-0.2, 0) is 0 Å². The lowest BCUT2D eigenvalue weighted by atomic mass is 10.0. The van der Waals surface area contributed by atoms with Gasteiger partial charge in [-0.25, -0.2) is 9.78 Å². The number of H-pyrrole nitrogens is 1. The van der Waals surface area contributed by atoms with Crippen LogP contribution in [0.5, 0.6) is 5.75 Å². The van der Waals surface area contributed by atoms with Crippen molar-refractivity contribution in [1.82, 2.24) is 9.97 Å². The average molecular weight is 308 g/mol. The largest absolute Gasteiger partial charge is 0.495 e. The molecule has 23 heavy (non-hydrogen) atoms. The van der Waals surface area contributed by atoms with Crippen molar-refractivity contribution >= 4 is 29.2 Å². The number of aromatic carboxylic acids is 1. The molecule has 3 rings (SSSR count). The van der Waals surface area contributed by atoms with E-state index in [1.54, 1.807) is 31.5 Å². The van der Waals surface area contributed by atoms with Crippen molar-refractivity contribution in [2.75, 3.05) is 7.11 Å². The highest BCUT2D eigenvalue weighted by molar-refractivity contribution is 5.90. The Labute approximate surface area is 133 Å². The number of nitrogens with one attached hydrogen (secondary N) is 1. The van der Waals surface area contributed by atoms with Gasteiger partial charge < -0.3 is 14.8 Å². The molecule has 0 aliphatic carbocycles. The normalized spacial score (nSPS) is 11.2. The van der Waals surface area contributed by atoms with Crippen LogP contribution < -0.4 is 4.74 Å². The highest BCUT2D eigenvalue weighted by Crippen LogP contribution is 2.29. The first-order valence-electron chi connectivity index (χ1n) is 7.12. The monoisotopic (exact) mass is 308 g/mol. The number of nitrogens with zero attached hydrogens (tertiary/aromatic N) is 1. The molecule has 0 bridgehead atoms. The summed E-state index contributed by atoms with van der Waals surface area (Å²) in [5.41, 5.74) is 3.71. The molecule has 2 aromatic heterocycles. The van der Waals surface area contributed by atoms with Crippen LogP contribution in [0.3, 0.4) is 0 Å². The summed E-state index contributed by atoms with van der Waals surface area (Å²) in [7, 11) is 1.62. The topological polar surface area (TPSA) is 75.2 Å². The molecular formula is C18H16N2O3. The molecule has 0 fully saturated rings. The summed E-state index contributed by atoms with van der Waals surface area (Å²) < 4.78 is 5.49. The minimum absolute atomic E-state index is 0.265. The van der Waals surface area contributed by atoms with Gasteiger partial charge in [0.1, 0.15) is 11.4 Å². The van der Waals surface area contributed by atoms with Gasteiger partial charge in [0, 0.05) is 18.0 Å². The summed E-state index contributed by atoms with van der Waals surface area (Å²) in [5.74, 6) is -0.202. The van der Waals surface area contributed by atoms with Gasteiger partial charge in [0.2, 0.25) is 0 Å². The number of hydrogen-bond acceptors (Lipinski definition) is 3. The number of aromatic nitrogens is 2. The van der Waals surface area contributed by atoms with Crippen molar-refractivity contribution in [3.05, 3.63) is 58.9 Å². The predicted molar refractivity (Wildman–Crippen MR) is 89.7 cm³/mol. The molecule has 2 N–H and O–H groups in total. The maximum absolute atomic E-state index is 11.1. The molecule has 0 atom stereocenters. The lowest BCUT2D eigenvalue weighted by Gasteiger charge is -2.06. The molecule has 116 valence electrons. The van der Waals surface area contributed by atoms with Gasteiger partial charge in [-0.15, -0.1) is 0 Å². The Hall–Kier alpha value is -3.08. The lowest BCUT2D eigenvalue weighted by Crippen LogP contribution is -1.97. The van der Waals surface area contributed by atoms with E-state index < -0.39 is 5.97 Å². The molecule has 0 amide bonds. The van der Waals surface area contributed by atoms with Crippen LogP contribution in [0.4, 0.5) is 0 Å². The number of hydrogen-bond donors (Lipinski definition) is 2. The van der Waals surface area contributed by atoms with Gasteiger partial charge in [-0.1, -0.05) is 12.1 Å². The van der Waals surface area contributed by atoms with Crippen molar-refractivity contribution in [2.45, 2.75) is 6.92 Å². The van der Waals surface area contributed by atoms with Gasteiger partial charge >= 0.3 is 5.97 Å². The van der Waals surface area contributed by atoms with Crippen molar-refractivity contribution in [1.29, 1.82) is 0 Å². The molecule has 0 saturated heterocycles. The van der Waals surface area contributed by atoms with Gasteiger partial charge in [-0.2, -0.15) is 0 Å². The Balaban J connectivity index is 2.03. The van der Waals surface area contributed by atoms with Crippen LogP contribution in [-0.4, -0.2) is 28.2 Å². The predicted octanol–water partition coefficient (Wildman–Crippen LogP) is 3.75. The smallest absolute Gasteiger partial charge is 0.335 e. The Morgan fingerprint density at radius 1 is 1.26 bits per heavy atom. The summed E-state index contributed by atoms with van der Waals surface area (Å²) >= 11 is 0. The zero-order chi connectivity index (χ0) is 16.4. The summed E-state index contributed by atoms with van der Waals surface area (Å²) in [5, 5.41) is 10.0. The highest BCUT2D eigenvalue weighted by Gasteiger charge is 2.09. The van der Waals surface area contributed by atoms with E-state index in [-0.39, 0.29) is 5.56 Å². The number of aryl methyl sites for hydroxylation is 1. The van der Waals surface area contributed by atoms with Gasteiger partial charge in [-0.3, -0.25) is 0 Å². The number of benzene rings is 1. The molecule has 0 radical (unpaired) electrons. The van der Waals surface area contributed by atoms with Crippen LogP contribution in [0, 0.1) is 6.92 Å². The third-order valence-electron chi connectivity index (χ3n) is 3.74. The van der Waals surface area contributed by atoms with Crippen LogP contribution in [0.2, 0.25) is 0 Å². The Morgan fingerprint density at radius 3 is 2.78 bits per heavy atom. The number of pyridine rings is 1. The molecule has 0 spiro atoms. The second kappa shape index (κ2) is 5.96. The van der Waals surface area contributed by atoms with Crippen molar-refractivity contribution in [3.63, 3.8) is 0 Å². The van der Waals surface area contributed by atoms with Crippen LogP contribution in [0.1, 0.15) is 27.0 Å². The quantitative estimate of drug-likeness (QED) is 0.769. The molecule has 0 unspecified atom stereocenters. The van der Waals surface area contributed by atoms with Crippen molar-refractivity contribution in [2.24, 2.45) is 0 Å². The van der Waals surface area contributed by atoms with E-state index in [0.717, 1.165) is 33.5 Å². The Kier molecular flexibility index (Phi) is 3.85. The number of rotatable bonds is 4. The van der Waals surface area contributed by atoms with Gasteiger partial charge in [0.15, 0.2) is 0 Å². The van der Waals surface area contributed by atoms with E-state index in [0.29, 0.717) is 0 Å². The maximum atomic E-state index is 11.1. The molecule has 1 aromatic carbocycles. The molecule has 5 heteroatoms. The summed E-state index contributed by atoms with van der Waals surface area (Å²) in [4.78, 5) is 18.5. The fraction of sp³-hybridized carbons (Fsp3) is 0.111. The Bertz CT molecular complexity index is 910. The van der Waals surface area contributed by atoms with Crippen LogP contribution >= 0.6 is 0 Å². The first-order chi connectivity index (χ1) is 11.1. The van der Waals surface area contributed by atoms with Crippen molar-refractivity contribution < 1.29 is 14.6 Å². The lowest BCUT2D eigenvalue weighted by molar-refractivity contribution is 0.0697. The zero-order valence-electron chi connectivity index (χ0n) is 12.8. The van der Waals surface area contributed by atoms with Gasteiger partial charge in [-0.05, 0) is 42.3 Å². The molecular weight excluding hydrogens is 292 g/mol. The minimum Gasteiger partial charge on any atom is -0.495 e. The SMILES string of the molecule is COc1c(/C=C/c2cc(C(=O)O)ccc2C)cnc2[nH]ccc12. The van der Waals surface area contributed by atoms with E-state index in [4.69, 9.17) is 9.84 Å². The van der Waals surface area contributed by atoms with Gasteiger partial charge in [0.05, 0.1) is 18.1 Å². The minimum atomic E-state index is -0.937. The third-order valence-corrected chi connectivity index (χ3v) is 3.74. The van der Waals surface area contributed by atoms with Crippen LogP contribution in [0.15, 0.2) is 36.7 Å². The summed E-state index contributed by atoms with van der Waals surface area (Å²) in [6, 6.07) is 6.97. The van der Waals surface area contributed by atoms with E-state index in [2.05, 4.69) is 9.97 Å². The molecule has 0 aliphatic rings. The number of carboxylic acid groups (broad SMARTS) is 1. The summed E-state index contributed by atoms with van der Waals surface area (Å²) in [6.07, 6.45) is 7.30. The van der Waals surface area contributed by atoms with E-state index >= 15 is 0 Å². The first kappa shape index (κ1) is 14.8. The molecule has 0 aliphatic heterocycles. The van der Waals surface area contributed by atoms with E-state index in [9.17, 15) is 4.79 Å². The second-order valence-corrected chi connectivity index (χ2v) is 5.20. The van der Waals surface area contributed by atoms with Crippen LogP contribution in [0.25, 0.3) is 23.2 Å². The number of carboxylic acids is 1. The first-order valence-corrected chi connectivity index (χ1v) is 7.12. The standard InChI is InChI=1S/C18H16N2O3/c1-11-3-4-13(18(21)22)9-12(11)5-6-14-10-20-17-15(7-8-19-17)16(14)23-2/h3-10H,1-2H3,(H,19,20)(H,21,22)/b6-5+. The Morgan fingerprint density at radius 2 is 2.04 bits per heavy atom. The number of fused-ring (bicyclic) bond motifs is 1. The zero-order valence-corrected chi connectivity index (χ0v) is 12.8. The number of methoxy groups -OCH3 is 1. The highest BCUT2D eigenvalue weighted by atomic mass is 16.5. The number of carbonyl (C=O) groups is 1. The molecule has 5 nitrogen and oxygen atoms in total. The molecule has 0 saturated carbocycles. The maximum Gasteiger partial charge on any atom is 0.335 e. The number of aromatic amines is 1. The summed E-state index contributed by atoms with van der Waals surface area (Å²) in [6.45, 7) is 1.94. The molecule has 2 heterocycles. The molecule has 3 aromatic rings. The number of ether oxygens (including phenoxy) is 1. The fourth-order valence-electron chi connectivity index (χ4n) is 2.48. The van der Waals surface area contributed by atoms with E-state index in [1.807, 2.05) is 31.3 Å². The van der Waals surface area contributed by atoms with Crippen molar-refractivity contribution in [3.8, 4) is 5.75 Å². The second-order valence-electron chi connectivity index (χ2n) is 5.20. The third kappa shape index (κ3) is 2.81. The van der Waals surface area contributed by atoms with Gasteiger partial charge in [0.25, 0.3) is 0 Å². The average Bonchev–Trinajstić information content (AvgIpc) is 3.01. The fourth-order valence-corrected chi connectivity index (χ4v) is 2.48. The van der Waals surface area contributed by atoms with E-state index in [1.165, 1.54) is 0 Å².